The molecule has 0 aliphatic rings. The van der Waals surface area contributed by atoms with E-state index in [1.54, 1.807) is 25.4 Å². The third-order valence-corrected chi connectivity index (χ3v) is 3.95. The first-order valence-corrected chi connectivity index (χ1v) is 6.81. The molecule has 0 saturated heterocycles. The van der Waals surface area contributed by atoms with Crippen LogP contribution in [-0.4, -0.2) is 19.7 Å². The van der Waals surface area contributed by atoms with Crippen LogP contribution in [0.3, 0.4) is 0 Å². The summed E-state index contributed by atoms with van der Waals surface area (Å²) in [5.74, 6) is 0.378. The zero-order valence-corrected chi connectivity index (χ0v) is 11.7. The van der Waals surface area contributed by atoms with E-state index in [1.807, 2.05) is 17.5 Å². The minimum Gasteiger partial charge on any atom is -0.495 e. The van der Waals surface area contributed by atoms with Gasteiger partial charge in [-0.1, -0.05) is 11.6 Å². The highest BCUT2D eigenvalue weighted by Crippen LogP contribution is 2.38. The molecule has 0 aliphatic carbocycles. The lowest BCUT2D eigenvalue weighted by atomic mass is 10.1. The van der Waals surface area contributed by atoms with Gasteiger partial charge in [0.05, 0.1) is 25.2 Å². The van der Waals surface area contributed by atoms with Gasteiger partial charge >= 0.3 is 5.97 Å². The van der Waals surface area contributed by atoms with Crippen molar-refractivity contribution in [3.05, 3.63) is 28.1 Å². The van der Waals surface area contributed by atoms with Crippen molar-refractivity contribution in [1.82, 2.24) is 0 Å². The highest BCUT2D eigenvalue weighted by molar-refractivity contribution is 7.17. The molecule has 18 heavy (non-hydrogen) atoms. The number of fused-ring (bicyclic) bond motifs is 1. The second-order valence-electron chi connectivity index (χ2n) is 3.70. The highest BCUT2D eigenvalue weighted by Gasteiger charge is 2.15. The number of esters is 1. The van der Waals surface area contributed by atoms with Crippen LogP contribution in [0, 0.1) is 0 Å². The zero-order chi connectivity index (χ0) is 13.1. The number of carbonyl (C=O) groups excluding carboxylic acids is 1. The predicted molar refractivity (Wildman–Crippen MR) is 73.7 cm³/mol. The maximum Gasteiger partial charge on any atom is 0.310 e. The molecule has 0 N–H and O–H groups in total. The summed E-state index contributed by atoms with van der Waals surface area (Å²) in [5, 5.41) is 3.37. The van der Waals surface area contributed by atoms with E-state index >= 15 is 0 Å². The molecule has 96 valence electrons. The van der Waals surface area contributed by atoms with Crippen molar-refractivity contribution in [3.8, 4) is 5.75 Å². The van der Waals surface area contributed by atoms with Gasteiger partial charge in [0, 0.05) is 10.1 Å². The average molecular weight is 285 g/mol. The van der Waals surface area contributed by atoms with E-state index in [-0.39, 0.29) is 12.4 Å². The van der Waals surface area contributed by atoms with Crippen molar-refractivity contribution in [2.75, 3.05) is 13.7 Å². The van der Waals surface area contributed by atoms with E-state index in [0.717, 1.165) is 15.6 Å². The van der Waals surface area contributed by atoms with Crippen LogP contribution in [-0.2, 0) is 16.0 Å². The number of halogens is 1. The number of ether oxygens (including phenoxy) is 2. The largest absolute Gasteiger partial charge is 0.495 e. The lowest BCUT2D eigenvalue weighted by Crippen LogP contribution is -2.07. The summed E-state index contributed by atoms with van der Waals surface area (Å²) in [5.41, 5.74) is 0.886. The Morgan fingerprint density at radius 3 is 2.89 bits per heavy atom. The number of benzene rings is 1. The first-order chi connectivity index (χ1) is 8.67. The fraction of sp³-hybridized carbons (Fsp3) is 0.308. The van der Waals surface area contributed by atoms with E-state index in [9.17, 15) is 4.79 Å². The van der Waals surface area contributed by atoms with Crippen LogP contribution < -0.4 is 4.74 Å². The molecular weight excluding hydrogens is 272 g/mol. The molecule has 1 aromatic carbocycles. The SMILES string of the molecule is CCOC(=O)Cc1csc2ccc(OC)c(Cl)c12. The third-order valence-electron chi connectivity index (χ3n) is 2.58. The van der Waals surface area contributed by atoms with Gasteiger partial charge in [-0.15, -0.1) is 11.3 Å². The fourth-order valence-electron chi connectivity index (χ4n) is 1.79. The van der Waals surface area contributed by atoms with Crippen LogP contribution in [0.5, 0.6) is 5.75 Å². The Labute approximate surface area is 114 Å². The van der Waals surface area contributed by atoms with E-state index < -0.39 is 0 Å². The second-order valence-corrected chi connectivity index (χ2v) is 4.99. The van der Waals surface area contributed by atoms with Crippen LogP contribution in [0.1, 0.15) is 12.5 Å². The molecule has 2 rings (SSSR count). The van der Waals surface area contributed by atoms with Crippen LogP contribution in [0.15, 0.2) is 17.5 Å². The van der Waals surface area contributed by atoms with Gasteiger partial charge in [-0.3, -0.25) is 4.79 Å². The molecule has 0 radical (unpaired) electrons. The molecule has 5 heteroatoms. The van der Waals surface area contributed by atoms with Gasteiger partial charge in [0.25, 0.3) is 0 Å². The minimum absolute atomic E-state index is 0.237. The van der Waals surface area contributed by atoms with Gasteiger partial charge in [0.1, 0.15) is 5.75 Å². The molecule has 0 bridgehead atoms. The Kier molecular flexibility index (Phi) is 4.09. The summed E-state index contributed by atoms with van der Waals surface area (Å²) in [6, 6.07) is 3.77. The van der Waals surface area contributed by atoms with Crippen molar-refractivity contribution in [2.45, 2.75) is 13.3 Å². The average Bonchev–Trinajstić information content (AvgIpc) is 2.74. The fourth-order valence-corrected chi connectivity index (χ4v) is 3.17. The Morgan fingerprint density at radius 2 is 2.22 bits per heavy atom. The van der Waals surface area contributed by atoms with Crippen LogP contribution in [0.2, 0.25) is 5.02 Å². The van der Waals surface area contributed by atoms with Crippen molar-refractivity contribution in [3.63, 3.8) is 0 Å². The zero-order valence-electron chi connectivity index (χ0n) is 10.2. The molecule has 0 aliphatic heterocycles. The Bertz CT molecular complexity index is 577. The molecule has 1 heterocycles. The normalized spacial score (nSPS) is 10.6. The van der Waals surface area contributed by atoms with E-state index in [2.05, 4.69) is 0 Å². The molecule has 0 saturated carbocycles. The molecule has 0 fully saturated rings. The van der Waals surface area contributed by atoms with Gasteiger partial charge < -0.3 is 9.47 Å². The Hall–Kier alpha value is -1.26. The van der Waals surface area contributed by atoms with Crippen LogP contribution >= 0.6 is 22.9 Å². The molecule has 0 atom stereocenters. The van der Waals surface area contributed by atoms with E-state index in [1.165, 1.54) is 0 Å². The molecule has 3 nitrogen and oxygen atoms in total. The van der Waals surface area contributed by atoms with Crippen molar-refractivity contribution in [1.29, 1.82) is 0 Å². The maximum absolute atomic E-state index is 11.5. The summed E-state index contributed by atoms with van der Waals surface area (Å²) in [7, 11) is 1.57. The molecule has 0 spiro atoms. The Morgan fingerprint density at radius 1 is 1.44 bits per heavy atom. The predicted octanol–water partition coefficient (Wildman–Crippen LogP) is 3.67. The minimum atomic E-state index is -0.240. The number of hydrogen-bond donors (Lipinski definition) is 0. The summed E-state index contributed by atoms with van der Waals surface area (Å²) < 4.78 is 11.2. The van der Waals surface area contributed by atoms with Crippen molar-refractivity contribution < 1.29 is 14.3 Å². The van der Waals surface area contributed by atoms with E-state index in [0.29, 0.717) is 17.4 Å². The number of hydrogen-bond acceptors (Lipinski definition) is 4. The lowest BCUT2D eigenvalue weighted by Gasteiger charge is -2.06. The standard InChI is InChI=1S/C13H13ClO3S/c1-3-17-11(15)6-8-7-18-10-5-4-9(16-2)13(14)12(8)10/h4-5,7H,3,6H2,1-2H3. The quantitative estimate of drug-likeness (QED) is 0.804. The number of rotatable bonds is 4. The number of thiophene rings is 1. The summed E-state index contributed by atoms with van der Waals surface area (Å²) in [4.78, 5) is 11.5. The van der Waals surface area contributed by atoms with Crippen molar-refractivity contribution in [2.24, 2.45) is 0 Å². The van der Waals surface area contributed by atoms with Crippen molar-refractivity contribution >= 4 is 39.0 Å². The van der Waals surface area contributed by atoms with Gasteiger partial charge in [0.2, 0.25) is 0 Å². The molecule has 2 aromatic rings. The van der Waals surface area contributed by atoms with Gasteiger partial charge in [-0.25, -0.2) is 0 Å². The smallest absolute Gasteiger partial charge is 0.310 e. The maximum atomic E-state index is 11.5. The molecule has 0 unspecified atom stereocenters. The Balaban J connectivity index is 2.42. The van der Waals surface area contributed by atoms with Gasteiger partial charge in [-0.2, -0.15) is 0 Å². The van der Waals surface area contributed by atoms with E-state index in [4.69, 9.17) is 21.1 Å². The molecule has 0 amide bonds. The van der Waals surface area contributed by atoms with Crippen LogP contribution in [0.25, 0.3) is 10.1 Å². The number of methoxy groups -OCH3 is 1. The summed E-state index contributed by atoms with van der Waals surface area (Å²) >= 11 is 7.84. The summed E-state index contributed by atoms with van der Waals surface area (Å²) in [6.07, 6.45) is 0.237. The van der Waals surface area contributed by atoms with Gasteiger partial charge in [0.15, 0.2) is 0 Å². The topological polar surface area (TPSA) is 35.5 Å². The van der Waals surface area contributed by atoms with Gasteiger partial charge in [-0.05, 0) is 30.0 Å². The molecular formula is C13H13ClO3S. The second kappa shape index (κ2) is 5.59. The first-order valence-electron chi connectivity index (χ1n) is 5.55. The highest BCUT2D eigenvalue weighted by atomic mass is 35.5. The first kappa shape index (κ1) is 13.2. The number of carbonyl (C=O) groups is 1. The van der Waals surface area contributed by atoms with Crippen LogP contribution in [0.4, 0.5) is 0 Å². The monoisotopic (exact) mass is 284 g/mol. The lowest BCUT2D eigenvalue weighted by molar-refractivity contribution is -0.142. The third kappa shape index (κ3) is 2.44. The summed E-state index contributed by atoms with van der Waals surface area (Å²) in [6.45, 7) is 2.18. The molecule has 1 aromatic heterocycles.